The Morgan fingerprint density at radius 1 is 0.520 bits per heavy atom. The molecule has 0 fully saturated rings. The number of nitrogens with two attached hydrogens (primary N) is 2. The molecule has 3 aromatic rings. The first-order valence-electron chi connectivity index (χ1n) is 16.1. The summed E-state index contributed by atoms with van der Waals surface area (Å²) >= 11 is 0. The second kappa shape index (κ2) is 18.8. The van der Waals surface area contributed by atoms with E-state index >= 15 is 0 Å². The largest absolute Gasteiger partial charge is 0.342 e. The van der Waals surface area contributed by atoms with Crippen LogP contribution in [0.5, 0.6) is 0 Å². The van der Waals surface area contributed by atoms with Gasteiger partial charge in [-0.15, -0.1) is 0 Å². The van der Waals surface area contributed by atoms with Crippen LogP contribution in [0.25, 0.3) is 0 Å². The zero-order valence-corrected chi connectivity index (χ0v) is 28.4. The summed E-state index contributed by atoms with van der Waals surface area (Å²) in [4.78, 5) is 82.5. The standard InChI is InChI=1S/C35H45N9O6/c1-20(2)28(34(49)39-26(32(47)43-36)18-22-12-7-5-8-13-22)41-30(45)24-16-11-17-25(38-24)31(46)42-29(21(3)4)35(50)40-27(33(48)44-37)19-23-14-9-6-10-15-23/h5-17,20-21,26-29H,18-19,36-37H2,1-4H3,(H,39,49)(H,40,50)(H,41,45)(H,42,46)(H,43,47)(H,44,48). The fourth-order valence-corrected chi connectivity index (χ4v) is 5.03. The summed E-state index contributed by atoms with van der Waals surface area (Å²) in [5.74, 6) is 5.96. The van der Waals surface area contributed by atoms with E-state index in [9.17, 15) is 28.8 Å². The Morgan fingerprint density at radius 2 is 0.880 bits per heavy atom. The summed E-state index contributed by atoms with van der Waals surface area (Å²) in [5, 5.41) is 10.6. The number of nitrogens with zero attached hydrogens (tertiary/aromatic N) is 1. The summed E-state index contributed by atoms with van der Waals surface area (Å²) in [5.41, 5.74) is 5.37. The summed E-state index contributed by atoms with van der Waals surface area (Å²) in [6.45, 7) is 6.87. The minimum Gasteiger partial charge on any atom is -0.342 e. The Morgan fingerprint density at radius 3 is 1.20 bits per heavy atom. The quantitative estimate of drug-likeness (QED) is 0.0575. The molecule has 266 valence electrons. The van der Waals surface area contributed by atoms with Gasteiger partial charge in [-0.05, 0) is 35.1 Å². The van der Waals surface area contributed by atoms with Gasteiger partial charge in [-0.25, -0.2) is 16.7 Å². The van der Waals surface area contributed by atoms with Crippen LogP contribution in [0.3, 0.4) is 0 Å². The van der Waals surface area contributed by atoms with Crippen molar-refractivity contribution in [2.75, 3.05) is 0 Å². The molecule has 0 aliphatic carbocycles. The average molecular weight is 688 g/mol. The molecule has 4 unspecified atom stereocenters. The third-order valence-corrected chi connectivity index (χ3v) is 7.80. The molecule has 0 radical (unpaired) electrons. The van der Waals surface area contributed by atoms with Crippen molar-refractivity contribution in [3.63, 3.8) is 0 Å². The summed E-state index contributed by atoms with van der Waals surface area (Å²) < 4.78 is 0. The molecule has 15 nitrogen and oxygen atoms in total. The van der Waals surface area contributed by atoms with E-state index in [0.717, 1.165) is 11.1 Å². The van der Waals surface area contributed by atoms with Crippen molar-refractivity contribution < 1.29 is 28.8 Å². The number of carbonyl (C=O) groups excluding carboxylic acids is 6. The monoisotopic (exact) mass is 687 g/mol. The molecule has 0 spiro atoms. The lowest BCUT2D eigenvalue weighted by Gasteiger charge is -2.25. The van der Waals surface area contributed by atoms with Gasteiger partial charge < -0.3 is 21.3 Å². The van der Waals surface area contributed by atoms with Gasteiger partial charge in [0.2, 0.25) is 11.8 Å². The lowest BCUT2D eigenvalue weighted by molar-refractivity contribution is -0.130. The highest BCUT2D eigenvalue weighted by atomic mass is 16.2. The molecule has 0 aliphatic rings. The fourth-order valence-electron chi connectivity index (χ4n) is 5.03. The van der Waals surface area contributed by atoms with Crippen LogP contribution in [0.15, 0.2) is 78.9 Å². The summed E-state index contributed by atoms with van der Waals surface area (Å²) in [6.07, 6.45) is 0.326. The molecule has 0 bridgehead atoms. The van der Waals surface area contributed by atoms with Crippen molar-refractivity contribution in [2.45, 2.75) is 64.7 Å². The van der Waals surface area contributed by atoms with E-state index in [0.29, 0.717) is 0 Å². The van der Waals surface area contributed by atoms with Gasteiger partial charge in [0.1, 0.15) is 35.6 Å². The van der Waals surface area contributed by atoms with Crippen LogP contribution in [0.4, 0.5) is 0 Å². The molecule has 4 atom stereocenters. The van der Waals surface area contributed by atoms with Gasteiger partial charge in [0.25, 0.3) is 23.6 Å². The Bertz CT molecular complexity index is 1520. The Hall–Kier alpha value is -5.67. The average Bonchev–Trinajstić information content (AvgIpc) is 3.11. The molecule has 50 heavy (non-hydrogen) atoms. The molecular formula is C35H45N9O6. The number of hydrogen-bond donors (Lipinski definition) is 8. The number of pyridine rings is 1. The molecule has 0 saturated heterocycles. The highest BCUT2D eigenvalue weighted by Gasteiger charge is 2.31. The number of hydrazine groups is 2. The van der Waals surface area contributed by atoms with Crippen molar-refractivity contribution >= 4 is 35.4 Å². The second-order valence-corrected chi connectivity index (χ2v) is 12.3. The Balaban J connectivity index is 1.71. The zero-order chi connectivity index (χ0) is 36.8. The van der Waals surface area contributed by atoms with Crippen LogP contribution in [0.1, 0.15) is 59.8 Å². The van der Waals surface area contributed by atoms with E-state index < -0.39 is 71.4 Å². The Kier molecular flexibility index (Phi) is 14.5. The lowest BCUT2D eigenvalue weighted by Crippen LogP contribution is -2.57. The summed E-state index contributed by atoms with van der Waals surface area (Å²) in [7, 11) is 0. The van der Waals surface area contributed by atoms with E-state index in [1.165, 1.54) is 18.2 Å². The predicted octanol–water partition coefficient (Wildman–Crippen LogP) is 0.0252. The van der Waals surface area contributed by atoms with Gasteiger partial charge in [-0.2, -0.15) is 0 Å². The number of rotatable bonds is 16. The van der Waals surface area contributed by atoms with Gasteiger partial charge >= 0.3 is 0 Å². The highest BCUT2D eigenvalue weighted by molar-refractivity contribution is 6.00. The van der Waals surface area contributed by atoms with Crippen molar-refractivity contribution in [1.82, 2.24) is 37.1 Å². The number of amides is 6. The molecule has 6 amide bonds. The van der Waals surface area contributed by atoms with Gasteiger partial charge in [-0.3, -0.25) is 39.6 Å². The maximum absolute atomic E-state index is 13.3. The van der Waals surface area contributed by atoms with Gasteiger partial charge in [0.05, 0.1) is 0 Å². The van der Waals surface area contributed by atoms with E-state index in [2.05, 4.69) is 37.1 Å². The zero-order valence-electron chi connectivity index (χ0n) is 28.4. The number of aromatic nitrogens is 1. The van der Waals surface area contributed by atoms with E-state index in [4.69, 9.17) is 11.7 Å². The molecule has 0 saturated carbocycles. The second-order valence-electron chi connectivity index (χ2n) is 12.3. The van der Waals surface area contributed by atoms with Gasteiger partial charge in [0, 0.05) is 12.8 Å². The summed E-state index contributed by atoms with van der Waals surface area (Å²) in [6, 6.07) is 18.1. The van der Waals surface area contributed by atoms with Crippen LogP contribution in [-0.2, 0) is 32.0 Å². The molecule has 10 N–H and O–H groups in total. The van der Waals surface area contributed by atoms with Crippen LogP contribution in [0.2, 0.25) is 0 Å². The number of carbonyl (C=O) groups is 6. The molecule has 0 aliphatic heterocycles. The highest BCUT2D eigenvalue weighted by Crippen LogP contribution is 2.11. The molecule has 3 rings (SSSR count). The predicted molar refractivity (Wildman–Crippen MR) is 185 cm³/mol. The van der Waals surface area contributed by atoms with Crippen LogP contribution >= 0.6 is 0 Å². The molecule has 2 aromatic carbocycles. The van der Waals surface area contributed by atoms with Crippen molar-refractivity contribution in [2.24, 2.45) is 23.5 Å². The minimum absolute atomic E-state index is 0.162. The molecule has 1 heterocycles. The van der Waals surface area contributed by atoms with E-state index in [1.54, 1.807) is 76.2 Å². The van der Waals surface area contributed by atoms with Crippen LogP contribution in [0, 0.1) is 11.8 Å². The number of nitrogens with one attached hydrogen (secondary N) is 6. The van der Waals surface area contributed by atoms with Crippen molar-refractivity contribution in [3.8, 4) is 0 Å². The van der Waals surface area contributed by atoms with Gasteiger partial charge in [0.15, 0.2) is 0 Å². The minimum atomic E-state index is -1.07. The van der Waals surface area contributed by atoms with Gasteiger partial charge in [-0.1, -0.05) is 94.4 Å². The van der Waals surface area contributed by atoms with Crippen LogP contribution < -0.4 is 43.8 Å². The maximum atomic E-state index is 13.3. The first kappa shape index (κ1) is 38.8. The van der Waals surface area contributed by atoms with E-state index in [-0.39, 0.29) is 24.2 Å². The fraction of sp³-hybridized carbons (Fsp3) is 0.343. The van der Waals surface area contributed by atoms with E-state index in [1.807, 2.05) is 12.1 Å². The molecule has 1 aromatic heterocycles. The normalized spacial score (nSPS) is 13.3. The lowest BCUT2D eigenvalue weighted by atomic mass is 10.0. The Labute approximate surface area is 290 Å². The number of benzene rings is 2. The maximum Gasteiger partial charge on any atom is 0.270 e. The number of hydrogen-bond acceptors (Lipinski definition) is 9. The third-order valence-electron chi connectivity index (χ3n) is 7.80. The topological polar surface area (TPSA) is 240 Å². The molecule has 15 heteroatoms. The smallest absolute Gasteiger partial charge is 0.270 e. The first-order valence-corrected chi connectivity index (χ1v) is 16.1. The van der Waals surface area contributed by atoms with Crippen LogP contribution in [-0.4, -0.2) is 64.6 Å². The molecular weight excluding hydrogens is 642 g/mol. The third kappa shape index (κ3) is 11.2. The first-order chi connectivity index (χ1) is 23.8. The van der Waals surface area contributed by atoms with Crippen molar-refractivity contribution in [3.05, 3.63) is 101 Å². The SMILES string of the molecule is CC(C)C(NC(=O)c1cccc(C(=O)NC(C(=O)NC(Cc2ccccc2)C(=O)NN)C(C)C)n1)C(=O)NC(Cc1ccccc1)C(=O)NN. The van der Waals surface area contributed by atoms with Crippen molar-refractivity contribution in [1.29, 1.82) is 0 Å².